The van der Waals surface area contributed by atoms with Crippen LogP contribution in [0.5, 0.6) is 11.5 Å². The first-order chi connectivity index (χ1) is 14.1. The van der Waals surface area contributed by atoms with Gasteiger partial charge in [-0.2, -0.15) is 5.10 Å². The Kier molecular flexibility index (Phi) is 5.38. The fourth-order valence-corrected chi connectivity index (χ4v) is 4.30. The molecule has 5 heteroatoms. The van der Waals surface area contributed by atoms with Gasteiger partial charge in [-0.05, 0) is 66.3 Å². The molecule has 5 nitrogen and oxygen atoms in total. The van der Waals surface area contributed by atoms with Crippen molar-refractivity contribution in [3.8, 4) is 11.5 Å². The molecule has 0 N–H and O–H groups in total. The summed E-state index contributed by atoms with van der Waals surface area (Å²) in [6, 6.07) is 15.9. The number of benzene rings is 2. The predicted octanol–water partition coefficient (Wildman–Crippen LogP) is 4.85. The second-order valence-corrected chi connectivity index (χ2v) is 7.51. The van der Waals surface area contributed by atoms with Crippen LogP contribution in [0.3, 0.4) is 0 Å². The summed E-state index contributed by atoms with van der Waals surface area (Å²) >= 11 is 0. The molecule has 4 rings (SSSR count). The molecule has 1 heterocycles. The van der Waals surface area contributed by atoms with E-state index in [-0.39, 0.29) is 17.9 Å². The first-order valence-corrected chi connectivity index (χ1v) is 9.98. The number of amides is 1. The third kappa shape index (κ3) is 3.77. The van der Waals surface area contributed by atoms with Crippen LogP contribution in [0.2, 0.25) is 0 Å². The number of carbonyl (C=O) groups is 1. The van der Waals surface area contributed by atoms with E-state index in [4.69, 9.17) is 14.6 Å². The van der Waals surface area contributed by atoms with Crippen LogP contribution in [0.25, 0.3) is 6.08 Å². The Labute approximate surface area is 171 Å². The van der Waals surface area contributed by atoms with Crippen LogP contribution in [-0.4, -0.2) is 30.8 Å². The van der Waals surface area contributed by atoms with E-state index >= 15 is 0 Å². The Morgan fingerprint density at radius 3 is 2.24 bits per heavy atom. The molecule has 0 radical (unpaired) electrons. The van der Waals surface area contributed by atoms with Gasteiger partial charge in [-0.15, -0.1) is 0 Å². The summed E-state index contributed by atoms with van der Waals surface area (Å²) in [6.45, 7) is 1.59. The molecule has 0 bridgehead atoms. The molecule has 2 aliphatic rings. The van der Waals surface area contributed by atoms with E-state index in [9.17, 15) is 4.79 Å². The van der Waals surface area contributed by atoms with Crippen LogP contribution in [0.1, 0.15) is 43.4 Å². The summed E-state index contributed by atoms with van der Waals surface area (Å²) in [6.07, 6.45) is 5.28. The number of allylic oxidation sites excluding steroid dienone is 1. The first-order valence-electron chi connectivity index (χ1n) is 9.98. The van der Waals surface area contributed by atoms with Crippen LogP contribution in [0, 0.1) is 5.92 Å². The lowest BCUT2D eigenvalue weighted by atomic mass is 9.77. The van der Waals surface area contributed by atoms with Gasteiger partial charge in [-0.3, -0.25) is 4.79 Å². The standard InChI is InChI=1S/C24H26N2O3/c1-16(27)26-24(18-9-13-21(29-3)14-10-18)22-6-4-5-19(23(22)25-26)15-17-7-11-20(28-2)12-8-17/h7-15,22,24H,4-6H2,1-3H3/b19-15+/t22-,24-/m0/s1. The van der Waals surface area contributed by atoms with E-state index < -0.39 is 0 Å². The van der Waals surface area contributed by atoms with Gasteiger partial charge >= 0.3 is 0 Å². The van der Waals surface area contributed by atoms with Crippen LogP contribution in [-0.2, 0) is 4.79 Å². The SMILES string of the molecule is COc1ccc(/C=C2\CCC[C@H]3C2=NN(C(C)=O)[C@H]3c2ccc(OC)cc2)cc1. The van der Waals surface area contributed by atoms with Crippen molar-refractivity contribution in [1.29, 1.82) is 0 Å². The number of carbonyl (C=O) groups excluding carboxylic acids is 1. The summed E-state index contributed by atoms with van der Waals surface area (Å²) in [5.41, 5.74) is 4.47. The second-order valence-electron chi connectivity index (χ2n) is 7.51. The van der Waals surface area contributed by atoms with Crippen molar-refractivity contribution >= 4 is 17.7 Å². The minimum absolute atomic E-state index is 0.0310. The van der Waals surface area contributed by atoms with Crippen molar-refractivity contribution < 1.29 is 14.3 Å². The summed E-state index contributed by atoms with van der Waals surface area (Å²) in [4.78, 5) is 12.4. The zero-order valence-corrected chi connectivity index (χ0v) is 17.1. The van der Waals surface area contributed by atoms with E-state index in [1.807, 2.05) is 36.4 Å². The van der Waals surface area contributed by atoms with E-state index in [0.29, 0.717) is 0 Å². The maximum atomic E-state index is 12.4. The summed E-state index contributed by atoms with van der Waals surface area (Å²) in [7, 11) is 3.33. The van der Waals surface area contributed by atoms with Crippen LogP contribution in [0.15, 0.2) is 59.2 Å². The highest BCUT2D eigenvalue weighted by atomic mass is 16.5. The smallest absolute Gasteiger partial charge is 0.240 e. The summed E-state index contributed by atoms with van der Waals surface area (Å²) in [5, 5.41) is 6.46. The molecular formula is C24H26N2O3. The summed E-state index contributed by atoms with van der Waals surface area (Å²) in [5.74, 6) is 1.84. The molecule has 1 amide bonds. The lowest BCUT2D eigenvalue weighted by molar-refractivity contribution is -0.131. The fraction of sp³-hybridized carbons (Fsp3) is 0.333. The highest BCUT2D eigenvalue weighted by Crippen LogP contribution is 2.44. The van der Waals surface area contributed by atoms with E-state index in [1.54, 1.807) is 26.2 Å². The maximum absolute atomic E-state index is 12.4. The van der Waals surface area contributed by atoms with Crippen LogP contribution >= 0.6 is 0 Å². The molecule has 1 aliphatic carbocycles. The van der Waals surface area contributed by atoms with Gasteiger partial charge in [-0.25, -0.2) is 5.01 Å². The number of hydrogen-bond acceptors (Lipinski definition) is 4. The number of rotatable bonds is 4. The maximum Gasteiger partial charge on any atom is 0.240 e. The zero-order valence-electron chi connectivity index (χ0n) is 17.1. The molecule has 0 unspecified atom stereocenters. The normalized spacial score (nSPS) is 22.2. The van der Waals surface area contributed by atoms with Crippen molar-refractivity contribution in [2.75, 3.05) is 14.2 Å². The van der Waals surface area contributed by atoms with E-state index in [2.05, 4.69) is 18.2 Å². The predicted molar refractivity (Wildman–Crippen MR) is 114 cm³/mol. The molecule has 1 fully saturated rings. The van der Waals surface area contributed by atoms with Gasteiger partial charge in [0.2, 0.25) is 5.91 Å². The van der Waals surface area contributed by atoms with Gasteiger partial charge in [0.05, 0.1) is 26.0 Å². The minimum atomic E-state index is -0.0621. The molecule has 0 saturated heterocycles. The molecule has 0 spiro atoms. The van der Waals surface area contributed by atoms with Crippen molar-refractivity contribution in [3.05, 3.63) is 65.2 Å². The van der Waals surface area contributed by atoms with Gasteiger partial charge in [-0.1, -0.05) is 24.3 Å². The van der Waals surface area contributed by atoms with Gasteiger partial charge in [0, 0.05) is 12.8 Å². The van der Waals surface area contributed by atoms with E-state index in [1.165, 1.54) is 5.57 Å². The third-order valence-electron chi connectivity index (χ3n) is 5.74. The van der Waals surface area contributed by atoms with Gasteiger partial charge in [0.1, 0.15) is 11.5 Å². The number of methoxy groups -OCH3 is 2. The van der Waals surface area contributed by atoms with Crippen molar-refractivity contribution in [2.24, 2.45) is 11.0 Å². The Bertz CT molecular complexity index is 945. The Morgan fingerprint density at radius 1 is 1.03 bits per heavy atom. The van der Waals surface area contributed by atoms with Crippen molar-refractivity contribution in [1.82, 2.24) is 5.01 Å². The highest BCUT2D eigenvalue weighted by Gasteiger charge is 2.42. The molecule has 150 valence electrons. The molecule has 29 heavy (non-hydrogen) atoms. The number of fused-ring (bicyclic) bond motifs is 1. The van der Waals surface area contributed by atoms with Gasteiger partial charge < -0.3 is 9.47 Å². The first kappa shape index (κ1) is 19.2. The Morgan fingerprint density at radius 2 is 1.66 bits per heavy atom. The molecular weight excluding hydrogens is 364 g/mol. The zero-order chi connectivity index (χ0) is 20.4. The quantitative estimate of drug-likeness (QED) is 0.750. The Balaban J connectivity index is 1.68. The lowest BCUT2D eigenvalue weighted by Gasteiger charge is -2.29. The number of hydrogen-bond donors (Lipinski definition) is 0. The topological polar surface area (TPSA) is 51.1 Å². The highest BCUT2D eigenvalue weighted by molar-refractivity contribution is 6.08. The molecule has 2 aromatic rings. The summed E-state index contributed by atoms with van der Waals surface area (Å²) < 4.78 is 10.5. The van der Waals surface area contributed by atoms with Crippen LogP contribution in [0.4, 0.5) is 0 Å². The van der Waals surface area contributed by atoms with Gasteiger partial charge in [0.25, 0.3) is 0 Å². The molecule has 2 aromatic carbocycles. The largest absolute Gasteiger partial charge is 0.497 e. The molecule has 1 saturated carbocycles. The Hall–Kier alpha value is -3.08. The fourth-order valence-electron chi connectivity index (χ4n) is 4.30. The average Bonchev–Trinajstić information content (AvgIpc) is 3.15. The van der Waals surface area contributed by atoms with E-state index in [0.717, 1.165) is 47.6 Å². The average molecular weight is 390 g/mol. The van der Waals surface area contributed by atoms with Gasteiger partial charge in [0.15, 0.2) is 0 Å². The number of hydrazone groups is 1. The van der Waals surface area contributed by atoms with Crippen LogP contribution < -0.4 is 9.47 Å². The van der Waals surface area contributed by atoms with Crippen molar-refractivity contribution in [2.45, 2.75) is 32.2 Å². The number of ether oxygens (including phenoxy) is 2. The number of nitrogens with zero attached hydrogens (tertiary/aromatic N) is 2. The minimum Gasteiger partial charge on any atom is -0.497 e. The monoisotopic (exact) mass is 390 g/mol. The molecule has 2 atom stereocenters. The van der Waals surface area contributed by atoms with Crippen molar-refractivity contribution in [3.63, 3.8) is 0 Å². The lowest BCUT2D eigenvalue weighted by Crippen LogP contribution is -2.30. The second kappa shape index (κ2) is 8.11. The molecule has 1 aliphatic heterocycles. The third-order valence-corrected chi connectivity index (χ3v) is 5.74. The molecule has 0 aromatic heterocycles.